The van der Waals surface area contributed by atoms with Crippen LogP contribution in [0.2, 0.25) is 0 Å². The zero-order valence-electron chi connectivity index (χ0n) is 12.7. The van der Waals surface area contributed by atoms with Crippen molar-refractivity contribution in [3.63, 3.8) is 0 Å². The van der Waals surface area contributed by atoms with E-state index in [1.54, 1.807) is 13.2 Å². The van der Waals surface area contributed by atoms with E-state index in [1.165, 1.54) is 0 Å². The van der Waals surface area contributed by atoms with Crippen LogP contribution in [-0.4, -0.2) is 13.0 Å². The Labute approximate surface area is 126 Å². The lowest BCUT2D eigenvalue weighted by atomic mass is 10.0. The molecule has 0 saturated heterocycles. The third-order valence-electron chi connectivity index (χ3n) is 3.57. The van der Waals surface area contributed by atoms with Crippen molar-refractivity contribution in [3.8, 4) is 5.75 Å². The molecule has 0 heterocycles. The molecule has 0 spiro atoms. The van der Waals surface area contributed by atoms with E-state index in [2.05, 4.69) is 12.2 Å². The van der Waals surface area contributed by atoms with Gasteiger partial charge in [0.25, 0.3) is 5.91 Å². The van der Waals surface area contributed by atoms with Crippen LogP contribution in [0, 0.1) is 6.92 Å². The average Bonchev–Trinajstić information content (AvgIpc) is 2.53. The van der Waals surface area contributed by atoms with Crippen LogP contribution in [0.4, 0.5) is 0 Å². The normalized spacial score (nSPS) is 11.8. The molecular formula is C18H21NO2. The summed E-state index contributed by atoms with van der Waals surface area (Å²) in [4.78, 5) is 12.4. The fourth-order valence-electron chi connectivity index (χ4n) is 2.37. The first-order valence-corrected chi connectivity index (χ1v) is 7.16. The molecular weight excluding hydrogens is 262 g/mol. The van der Waals surface area contributed by atoms with Gasteiger partial charge in [-0.15, -0.1) is 0 Å². The van der Waals surface area contributed by atoms with Gasteiger partial charge in [0.05, 0.1) is 13.2 Å². The van der Waals surface area contributed by atoms with Crippen LogP contribution in [0.25, 0.3) is 0 Å². The van der Waals surface area contributed by atoms with Crippen molar-refractivity contribution in [1.29, 1.82) is 0 Å². The Morgan fingerprint density at radius 3 is 2.48 bits per heavy atom. The summed E-state index contributed by atoms with van der Waals surface area (Å²) in [6.45, 7) is 4.00. The maximum Gasteiger partial charge on any atom is 0.251 e. The molecule has 2 rings (SSSR count). The molecule has 0 aromatic heterocycles. The number of carbonyl (C=O) groups excluding carboxylic acids is 1. The molecule has 0 aliphatic rings. The lowest BCUT2D eigenvalue weighted by Gasteiger charge is -2.18. The second kappa shape index (κ2) is 6.93. The van der Waals surface area contributed by atoms with Gasteiger partial charge in [-0.2, -0.15) is 0 Å². The third-order valence-corrected chi connectivity index (χ3v) is 3.57. The minimum atomic E-state index is -0.0588. The molecule has 2 aromatic rings. The third kappa shape index (κ3) is 3.63. The largest absolute Gasteiger partial charge is 0.496 e. The van der Waals surface area contributed by atoms with Gasteiger partial charge in [-0.3, -0.25) is 4.79 Å². The van der Waals surface area contributed by atoms with Gasteiger partial charge in [0.2, 0.25) is 0 Å². The molecule has 3 nitrogen and oxygen atoms in total. The lowest BCUT2D eigenvalue weighted by Crippen LogP contribution is -2.28. The van der Waals surface area contributed by atoms with Crippen LogP contribution in [0.5, 0.6) is 5.75 Å². The zero-order valence-corrected chi connectivity index (χ0v) is 12.7. The number of nitrogens with one attached hydrogen (secondary N) is 1. The highest BCUT2D eigenvalue weighted by atomic mass is 16.5. The number of methoxy groups -OCH3 is 1. The van der Waals surface area contributed by atoms with Crippen molar-refractivity contribution >= 4 is 5.91 Å². The molecule has 0 fully saturated rings. The number of hydrogen-bond donors (Lipinski definition) is 1. The Bertz CT molecular complexity index is 608. The van der Waals surface area contributed by atoms with Gasteiger partial charge in [0.15, 0.2) is 0 Å². The average molecular weight is 283 g/mol. The van der Waals surface area contributed by atoms with Gasteiger partial charge in [-0.1, -0.05) is 37.3 Å². The molecule has 1 unspecified atom stereocenters. The monoisotopic (exact) mass is 283 g/mol. The van der Waals surface area contributed by atoms with Crippen LogP contribution >= 0.6 is 0 Å². The van der Waals surface area contributed by atoms with E-state index in [9.17, 15) is 4.79 Å². The topological polar surface area (TPSA) is 38.3 Å². The SMILES string of the molecule is CCC(NC(=O)c1ccc(OC)c(C)c1)c1ccccc1. The van der Waals surface area contributed by atoms with E-state index < -0.39 is 0 Å². The number of hydrogen-bond acceptors (Lipinski definition) is 2. The van der Waals surface area contributed by atoms with Gasteiger partial charge in [-0.05, 0) is 42.7 Å². The first-order chi connectivity index (χ1) is 10.2. The number of amides is 1. The molecule has 0 aliphatic heterocycles. The lowest BCUT2D eigenvalue weighted by molar-refractivity contribution is 0.0935. The summed E-state index contributed by atoms with van der Waals surface area (Å²) < 4.78 is 5.22. The predicted molar refractivity (Wildman–Crippen MR) is 84.7 cm³/mol. The maximum absolute atomic E-state index is 12.4. The molecule has 0 radical (unpaired) electrons. The van der Waals surface area contributed by atoms with Crippen LogP contribution in [0.15, 0.2) is 48.5 Å². The molecule has 0 aliphatic carbocycles. The van der Waals surface area contributed by atoms with E-state index in [0.717, 1.165) is 23.3 Å². The molecule has 0 saturated carbocycles. The maximum atomic E-state index is 12.4. The minimum Gasteiger partial charge on any atom is -0.496 e. The van der Waals surface area contributed by atoms with E-state index in [0.29, 0.717) is 5.56 Å². The summed E-state index contributed by atoms with van der Waals surface area (Å²) in [5, 5.41) is 3.08. The Kier molecular flexibility index (Phi) is 4.99. The first kappa shape index (κ1) is 15.1. The van der Waals surface area contributed by atoms with Gasteiger partial charge >= 0.3 is 0 Å². The van der Waals surface area contributed by atoms with Gasteiger partial charge in [0.1, 0.15) is 5.75 Å². The van der Waals surface area contributed by atoms with E-state index in [-0.39, 0.29) is 11.9 Å². The highest BCUT2D eigenvalue weighted by Gasteiger charge is 2.14. The highest BCUT2D eigenvalue weighted by Crippen LogP contribution is 2.20. The van der Waals surface area contributed by atoms with Crippen molar-refractivity contribution in [2.45, 2.75) is 26.3 Å². The molecule has 110 valence electrons. The molecule has 1 atom stereocenters. The van der Waals surface area contributed by atoms with Crippen molar-refractivity contribution < 1.29 is 9.53 Å². The smallest absolute Gasteiger partial charge is 0.251 e. The first-order valence-electron chi connectivity index (χ1n) is 7.16. The second-order valence-corrected chi connectivity index (χ2v) is 5.03. The minimum absolute atomic E-state index is 0.0288. The van der Waals surface area contributed by atoms with Gasteiger partial charge in [0, 0.05) is 5.56 Å². The number of ether oxygens (including phenoxy) is 1. The van der Waals surface area contributed by atoms with Crippen LogP contribution in [-0.2, 0) is 0 Å². The summed E-state index contributed by atoms with van der Waals surface area (Å²) in [6, 6.07) is 15.5. The van der Waals surface area contributed by atoms with Crippen LogP contribution in [0.1, 0.15) is 40.9 Å². The van der Waals surface area contributed by atoms with Crippen LogP contribution in [0.3, 0.4) is 0 Å². The molecule has 1 amide bonds. The number of benzene rings is 2. The van der Waals surface area contributed by atoms with Gasteiger partial charge in [-0.25, -0.2) is 0 Å². The molecule has 3 heteroatoms. The number of aryl methyl sites for hydroxylation is 1. The van der Waals surface area contributed by atoms with Crippen LogP contribution < -0.4 is 10.1 Å². The molecule has 0 bridgehead atoms. The van der Waals surface area contributed by atoms with Crippen molar-refractivity contribution in [1.82, 2.24) is 5.32 Å². The number of carbonyl (C=O) groups is 1. The van der Waals surface area contributed by atoms with Crippen molar-refractivity contribution in [3.05, 3.63) is 65.2 Å². The molecule has 2 aromatic carbocycles. The second-order valence-electron chi connectivity index (χ2n) is 5.03. The fraction of sp³-hybridized carbons (Fsp3) is 0.278. The molecule has 21 heavy (non-hydrogen) atoms. The quantitative estimate of drug-likeness (QED) is 0.904. The van der Waals surface area contributed by atoms with E-state index in [1.807, 2.05) is 49.4 Å². The van der Waals surface area contributed by atoms with Crippen molar-refractivity contribution in [2.75, 3.05) is 7.11 Å². The Balaban J connectivity index is 2.15. The summed E-state index contributed by atoms with van der Waals surface area (Å²) in [6.07, 6.45) is 0.852. The Morgan fingerprint density at radius 2 is 1.90 bits per heavy atom. The number of rotatable bonds is 5. The summed E-state index contributed by atoms with van der Waals surface area (Å²) in [5.41, 5.74) is 2.74. The van der Waals surface area contributed by atoms with E-state index >= 15 is 0 Å². The highest BCUT2D eigenvalue weighted by molar-refractivity contribution is 5.94. The van der Waals surface area contributed by atoms with Crippen molar-refractivity contribution in [2.24, 2.45) is 0 Å². The zero-order chi connectivity index (χ0) is 15.2. The van der Waals surface area contributed by atoms with Gasteiger partial charge < -0.3 is 10.1 Å². The standard InChI is InChI=1S/C18H21NO2/c1-4-16(14-8-6-5-7-9-14)19-18(20)15-10-11-17(21-3)13(2)12-15/h5-12,16H,4H2,1-3H3,(H,19,20). The summed E-state index contributed by atoms with van der Waals surface area (Å²) >= 11 is 0. The fourth-order valence-corrected chi connectivity index (χ4v) is 2.37. The summed E-state index contributed by atoms with van der Waals surface area (Å²) in [5.74, 6) is 0.734. The Morgan fingerprint density at radius 1 is 1.19 bits per heavy atom. The Hall–Kier alpha value is -2.29. The molecule has 1 N–H and O–H groups in total. The van der Waals surface area contributed by atoms with E-state index in [4.69, 9.17) is 4.74 Å². The summed E-state index contributed by atoms with van der Waals surface area (Å²) in [7, 11) is 1.63. The predicted octanol–water partition coefficient (Wildman–Crippen LogP) is 3.88.